The lowest BCUT2D eigenvalue weighted by atomic mass is 9.70. The van der Waals surface area contributed by atoms with Gasteiger partial charge in [0.1, 0.15) is 5.75 Å². The average Bonchev–Trinajstić information content (AvgIpc) is 2.51. The molecule has 1 aromatic rings. The van der Waals surface area contributed by atoms with E-state index in [1.165, 1.54) is 5.56 Å². The van der Waals surface area contributed by atoms with Crippen molar-refractivity contribution in [2.24, 2.45) is 5.41 Å². The SMILES string of the molecule is COc1ccc(CC2(C/C=C/CBr)CCCC=C2O)cc1. The fourth-order valence-electron chi connectivity index (χ4n) is 2.99. The third-order valence-corrected chi connectivity index (χ3v) is 4.58. The van der Waals surface area contributed by atoms with E-state index in [0.29, 0.717) is 5.76 Å². The Morgan fingerprint density at radius 2 is 2.05 bits per heavy atom. The summed E-state index contributed by atoms with van der Waals surface area (Å²) in [6, 6.07) is 8.16. The van der Waals surface area contributed by atoms with Crippen molar-refractivity contribution in [3.63, 3.8) is 0 Å². The number of ether oxygens (including phenoxy) is 1. The first-order valence-electron chi connectivity index (χ1n) is 7.44. The number of aliphatic hydroxyl groups is 1. The van der Waals surface area contributed by atoms with Crippen LogP contribution in [0.5, 0.6) is 5.75 Å². The molecule has 0 spiro atoms. The minimum absolute atomic E-state index is 0.147. The molecule has 0 saturated heterocycles. The highest BCUT2D eigenvalue weighted by Crippen LogP contribution is 2.42. The third kappa shape index (κ3) is 4.13. The van der Waals surface area contributed by atoms with Crippen molar-refractivity contribution in [2.45, 2.75) is 32.1 Å². The summed E-state index contributed by atoms with van der Waals surface area (Å²) >= 11 is 3.41. The van der Waals surface area contributed by atoms with E-state index < -0.39 is 0 Å². The minimum Gasteiger partial charge on any atom is -0.512 e. The zero-order chi connectivity index (χ0) is 15.1. The number of alkyl halides is 1. The molecule has 0 heterocycles. The highest BCUT2D eigenvalue weighted by atomic mass is 79.9. The van der Waals surface area contributed by atoms with Crippen molar-refractivity contribution in [1.82, 2.24) is 0 Å². The predicted octanol–water partition coefficient (Wildman–Crippen LogP) is 5.19. The molecular formula is C18H23BrO2. The number of aliphatic hydroxyl groups excluding tert-OH is 1. The van der Waals surface area contributed by atoms with E-state index in [0.717, 1.165) is 43.2 Å². The van der Waals surface area contributed by atoms with Gasteiger partial charge < -0.3 is 9.84 Å². The van der Waals surface area contributed by atoms with E-state index in [4.69, 9.17) is 4.74 Å². The Hall–Kier alpha value is -1.22. The second-order valence-electron chi connectivity index (χ2n) is 5.62. The van der Waals surface area contributed by atoms with Crippen LogP contribution in [0.1, 0.15) is 31.2 Å². The smallest absolute Gasteiger partial charge is 0.118 e. The van der Waals surface area contributed by atoms with Crippen molar-refractivity contribution in [3.8, 4) is 5.75 Å². The summed E-state index contributed by atoms with van der Waals surface area (Å²) in [6.07, 6.45) is 11.2. The van der Waals surface area contributed by atoms with Gasteiger partial charge in [-0.05, 0) is 55.9 Å². The van der Waals surface area contributed by atoms with Crippen LogP contribution < -0.4 is 4.74 Å². The first kappa shape index (κ1) is 16.2. The van der Waals surface area contributed by atoms with E-state index in [1.807, 2.05) is 18.2 Å². The van der Waals surface area contributed by atoms with Gasteiger partial charge >= 0.3 is 0 Å². The maximum atomic E-state index is 10.5. The van der Waals surface area contributed by atoms with E-state index in [1.54, 1.807) is 7.11 Å². The molecule has 0 radical (unpaired) electrons. The maximum Gasteiger partial charge on any atom is 0.118 e. The topological polar surface area (TPSA) is 29.5 Å². The highest BCUT2D eigenvalue weighted by molar-refractivity contribution is 9.09. The van der Waals surface area contributed by atoms with Crippen LogP contribution in [0.25, 0.3) is 0 Å². The van der Waals surface area contributed by atoms with Crippen LogP contribution in [0.3, 0.4) is 0 Å². The van der Waals surface area contributed by atoms with Gasteiger partial charge in [-0.25, -0.2) is 0 Å². The minimum atomic E-state index is -0.147. The van der Waals surface area contributed by atoms with Gasteiger partial charge in [0, 0.05) is 10.7 Å². The molecule has 3 heteroatoms. The first-order chi connectivity index (χ1) is 10.2. The van der Waals surface area contributed by atoms with E-state index in [2.05, 4.69) is 40.2 Å². The van der Waals surface area contributed by atoms with Gasteiger partial charge in [-0.1, -0.05) is 40.2 Å². The number of allylic oxidation sites excluding steroid dienone is 4. The van der Waals surface area contributed by atoms with E-state index >= 15 is 0 Å². The molecule has 1 aliphatic rings. The van der Waals surface area contributed by atoms with Gasteiger partial charge in [-0.15, -0.1) is 0 Å². The van der Waals surface area contributed by atoms with Gasteiger partial charge in [-0.3, -0.25) is 0 Å². The van der Waals surface area contributed by atoms with Crippen LogP contribution in [-0.2, 0) is 6.42 Å². The number of halogens is 1. The van der Waals surface area contributed by atoms with Crippen molar-refractivity contribution >= 4 is 15.9 Å². The Kier molecular flexibility index (Phi) is 5.92. The second-order valence-corrected chi connectivity index (χ2v) is 6.26. The summed E-state index contributed by atoms with van der Waals surface area (Å²) in [5.74, 6) is 1.43. The monoisotopic (exact) mass is 350 g/mol. The molecule has 0 aliphatic heterocycles. The Balaban J connectivity index is 2.20. The lowest BCUT2D eigenvalue weighted by Crippen LogP contribution is -2.28. The van der Waals surface area contributed by atoms with Crippen LogP contribution >= 0.6 is 15.9 Å². The molecule has 2 nitrogen and oxygen atoms in total. The highest BCUT2D eigenvalue weighted by Gasteiger charge is 2.35. The zero-order valence-electron chi connectivity index (χ0n) is 12.5. The molecule has 1 atom stereocenters. The maximum absolute atomic E-state index is 10.5. The molecule has 1 N–H and O–H groups in total. The Bertz CT molecular complexity index is 504. The van der Waals surface area contributed by atoms with Gasteiger partial charge in [0.05, 0.1) is 12.9 Å². The Morgan fingerprint density at radius 1 is 1.29 bits per heavy atom. The molecule has 0 aromatic heterocycles. The molecule has 1 aliphatic carbocycles. The molecule has 114 valence electrons. The second kappa shape index (κ2) is 7.69. The normalized spacial score (nSPS) is 22.3. The molecule has 0 amide bonds. The van der Waals surface area contributed by atoms with Crippen molar-refractivity contribution in [1.29, 1.82) is 0 Å². The lowest BCUT2D eigenvalue weighted by Gasteiger charge is -2.35. The zero-order valence-corrected chi connectivity index (χ0v) is 14.1. The Morgan fingerprint density at radius 3 is 2.67 bits per heavy atom. The van der Waals surface area contributed by atoms with Gasteiger partial charge in [0.15, 0.2) is 0 Å². The van der Waals surface area contributed by atoms with Gasteiger partial charge in [-0.2, -0.15) is 0 Å². The van der Waals surface area contributed by atoms with Crippen LogP contribution in [0.15, 0.2) is 48.3 Å². The van der Waals surface area contributed by atoms with Crippen molar-refractivity contribution < 1.29 is 9.84 Å². The number of methoxy groups -OCH3 is 1. The van der Waals surface area contributed by atoms with Crippen LogP contribution in [0.2, 0.25) is 0 Å². The van der Waals surface area contributed by atoms with E-state index in [-0.39, 0.29) is 5.41 Å². The first-order valence-corrected chi connectivity index (χ1v) is 8.56. The molecule has 1 aromatic carbocycles. The average molecular weight is 351 g/mol. The van der Waals surface area contributed by atoms with E-state index in [9.17, 15) is 5.11 Å². The predicted molar refractivity (Wildman–Crippen MR) is 91.2 cm³/mol. The summed E-state index contributed by atoms with van der Waals surface area (Å²) in [7, 11) is 1.68. The molecule has 21 heavy (non-hydrogen) atoms. The fraction of sp³-hybridized carbons (Fsp3) is 0.444. The largest absolute Gasteiger partial charge is 0.512 e. The molecule has 0 bridgehead atoms. The summed E-state index contributed by atoms with van der Waals surface area (Å²) in [4.78, 5) is 0. The summed E-state index contributed by atoms with van der Waals surface area (Å²) in [5.41, 5.74) is 1.09. The van der Waals surface area contributed by atoms with Gasteiger partial charge in [0.25, 0.3) is 0 Å². The van der Waals surface area contributed by atoms with Crippen LogP contribution in [-0.4, -0.2) is 17.5 Å². The lowest BCUT2D eigenvalue weighted by molar-refractivity contribution is 0.185. The third-order valence-electron chi connectivity index (χ3n) is 4.21. The summed E-state index contributed by atoms with van der Waals surface area (Å²) in [6.45, 7) is 0. The van der Waals surface area contributed by atoms with Gasteiger partial charge in [0.2, 0.25) is 0 Å². The number of hydrogen-bond donors (Lipinski definition) is 1. The van der Waals surface area contributed by atoms with Crippen molar-refractivity contribution in [3.05, 3.63) is 53.8 Å². The number of hydrogen-bond acceptors (Lipinski definition) is 2. The molecule has 0 fully saturated rings. The number of benzene rings is 1. The standard InChI is InChI=1S/C18H23BrO2/c1-21-16-9-7-15(8-10-16)14-18(12-4-5-13-19)11-3-2-6-17(18)20/h4-10,20H,2-3,11-14H2,1H3/b5-4+. The summed E-state index contributed by atoms with van der Waals surface area (Å²) < 4.78 is 5.21. The Labute approximate surface area is 135 Å². The molecule has 1 unspecified atom stereocenters. The molecular weight excluding hydrogens is 328 g/mol. The summed E-state index contributed by atoms with van der Waals surface area (Å²) in [5, 5.41) is 11.3. The molecule has 0 saturated carbocycles. The fourth-order valence-corrected chi connectivity index (χ4v) is 3.25. The number of rotatable bonds is 6. The van der Waals surface area contributed by atoms with Crippen molar-refractivity contribution in [2.75, 3.05) is 12.4 Å². The van der Waals surface area contributed by atoms with Crippen LogP contribution in [0, 0.1) is 5.41 Å². The van der Waals surface area contributed by atoms with Crippen LogP contribution in [0.4, 0.5) is 0 Å². The molecule has 2 rings (SSSR count). The quantitative estimate of drug-likeness (QED) is 0.564.